The molecule has 6 aromatic rings. The summed E-state index contributed by atoms with van der Waals surface area (Å²) in [5, 5.41) is 12.8. The molecular formula is C29H20N6O. The van der Waals surface area contributed by atoms with Gasteiger partial charge in [0.05, 0.1) is 28.6 Å². The highest BCUT2D eigenvalue weighted by atomic mass is 16.2. The van der Waals surface area contributed by atoms with Crippen LogP contribution < -0.4 is 5.32 Å². The lowest BCUT2D eigenvalue weighted by Gasteiger charge is -2.05. The first-order valence-corrected chi connectivity index (χ1v) is 11.8. The van der Waals surface area contributed by atoms with E-state index >= 15 is 0 Å². The highest BCUT2D eigenvalue weighted by Crippen LogP contribution is 2.35. The van der Waals surface area contributed by atoms with Gasteiger partial charge in [0.1, 0.15) is 5.69 Å². The minimum absolute atomic E-state index is 0.0591. The van der Waals surface area contributed by atoms with Crippen LogP contribution in [0, 0.1) is 18.1 Å². The summed E-state index contributed by atoms with van der Waals surface area (Å²) in [7, 11) is 0. The van der Waals surface area contributed by atoms with Crippen LogP contribution in [0.5, 0.6) is 0 Å². The average Bonchev–Trinajstić information content (AvgIpc) is 3.55. The Morgan fingerprint density at radius 1 is 0.917 bits per heavy atom. The molecule has 4 aromatic heterocycles. The number of rotatable bonds is 5. The van der Waals surface area contributed by atoms with E-state index in [-0.39, 0.29) is 11.8 Å². The number of carbonyl (C=O) groups is 1. The van der Waals surface area contributed by atoms with E-state index < -0.39 is 0 Å². The minimum atomic E-state index is 0.0591. The number of hydrogen-bond donors (Lipinski definition) is 3. The number of aromatic nitrogens is 5. The third kappa shape index (κ3) is 3.56. The van der Waals surface area contributed by atoms with Crippen molar-refractivity contribution in [2.75, 3.05) is 5.32 Å². The van der Waals surface area contributed by atoms with Gasteiger partial charge in [-0.25, -0.2) is 0 Å². The van der Waals surface area contributed by atoms with Gasteiger partial charge < -0.3 is 10.3 Å². The van der Waals surface area contributed by atoms with Crippen LogP contribution in [0.4, 0.5) is 5.69 Å². The Balaban J connectivity index is 1.28. The van der Waals surface area contributed by atoms with Gasteiger partial charge in [-0.05, 0) is 78.1 Å². The Bertz CT molecular complexity index is 1750. The molecule has 7 rings (SSSR count). The molecule has 0 radical (unpaired) electrons. The number of nitrogens with one attached hydrogen (secondary N) is 3. The van der Waals surface area contributed by atoms with Crippen molar-refractivity contribution in [2.45, 2.75) is 12.8 Å². The van der Waals surface area contributed by atoms with E-state index in [9.17, 15) is 4.79 Å². The van der Waals surface area contributed by atoms with Crippen molar-refractivity contribution in [3.05, 3.63) is 85.5 Å². The first-order valence-electron chi connectivity index (χ1n) is 11.8. The second kappa shape index (κ2) is 8.07. The van der Waals surface area contributed by atoms with Gasteiger partial charge in [-0.15, -0.1) is 0 Å². The molecule has 1 fully saturated rings. The SMILES string of the molecule is O=C(Nc1c#ccc(-c2ccc3[nH]nc(-c4cc5c(-c6ccncc6)cncc5[nH]4)c3c2)c1)C1CC1. The summed E-state index contributed by atoms with van der Waals surface area (Å²) >= 11 is 0. The Labute approximate surface area is 206 Å². The van der Waals surface area contributed by atoms with Crippen LogP contribution in [-0.2, 0) is 4.79 Å². The van der Waals surface area contributed by atoms with Gasteiger partial charge in [0, 0.05) is 40.8 Å². The van der Waals surface area contributed by atoms with Gasteiger partial charge in [0.2, 0.25) is 5.91 Å². The van der Waals surface area contributed by atoms with Crippen molar-refractivity contribution < 1.29 is 4.79 Å². The third-order valence-corrected chi connectivity index (χ3v) is 6.63. The standard InChI is InChI=1S/C29H20N6O/c36-29(18-4-5-18)32-21-3-1-2-19(12-21)20-6-7-25-23(13-20)28(35-34-25)26-14-22-24(15-31-16-27(22)33-26)17-8-10-30-11-9-17/h2,6-16,18,33H,4-5H2,(H,32,36)(H,34,35). The fourth-order valence-electron chi connectivity index (χ4n) is 4.58. The minimum Gasteiger partial charge on any atom is -0.352 e. The molecule has 0 atom stereocenters. The highest BCUT2D eigenvalue weighted by molar-refractivity contribution is 6.01. The summed E-state index contributed by atoms with van der Waals surface area (Å²) in [5.41, 5.74) is 8.31. The summed E-state index contributed by atoms with van der Waals surface area (Å²) in [6.07, 6.45) is 9.19. The van der Waals surface area contributed by atoms with Crippen LogP contribution >= 0.6 is 0 Å². The number of amides is 1. The number of hydrogen-bond acceptors (Lipinski definition) is 4. The first kappa shape index (κ1) is 20.4. The number of benzene rings is 1. The highest BCUT2D eigenvalue weighted by Gasteiger charge is 2.29. The Hall–Kier alpha value is -4.96. The quantitative estimate of drug-likeness (QED) is 0.298. The predicted molar refractivity (Wildman–Crippen MR) is 139 cm³/mol. The number of aromatic amines is 2. The largest absolute Gasteiger partial charge is 0.352 e. The van der Waals surface area contributed by atoms with E-state index in [0.29, 0.717) is 5.69 Å². The zero-order chi connectivity index (χ0) is 24.1. The molecule has 7 nitrogen and oxygen atoms in total. The summed E-state index contributed by atoms with van der Waals surface area (Å²) in [4.78, 5) is 24.2. The van der Waals surface area contributed by atoms with Crippen molar-refractivity contribution in [1.29, 1.82) is 0 Å². The maximum atomic E-state index is 12.2. The lowest BCUT2D eigenvalue weighted by molar-refractivity contribution is -0.117. The summed E-state index contributed by atoms with van der Waals surface area (Å²) < 4.78 is 0. The molecule has 3 N–H and O–H groups in total. The molecule has 1 amide bonds. The number of carbonyl (C=O) groups excluding carboxylic acids is 1. The maximum absolute atomic E-state index is 12.2. The number of nitrogens with zero attached hydrogens (tertiary/aromatic N) is 3. The summed E-state index contributed by atoms with van der Waals surface area (Å²) in [6.45, 7) is 0. The van der Waals surface area contributed by atoms with E-state index in [1.807, 2.05) is 48.8 Å². The molecule has 36 heavy (non-hydrogen) atoms. The molecule has 7 heteroatoms. The van der Waals surface area contributed by atoms with E-state index in [1.165, 1.54) is 0 Å². The predicted octanol–water partition coefficient (Wildman–Crippen LogP) is 5.78. The summed E-state index contributed by atoms with van der Waals surface area (Å²) in [6, 6.07) is 22.1. The molecular weight excluding hydrogens is 448 g/mol. The monoisotopic (exact) mass is 468 g/mol. The van der Waals surface area contributed by atoms with Crippen molar-refractivity contribution in [3.8, 4) is 33.6 Å². The van der Waals surface area contributed by atoms with E-state index in [4.69, 9.17) is 0 Å². The van der Waals surface area contributed by atoms with Gasteiger partial charge in [-0.1, -0.05) is 12.1 Å². The molecule has 0 saturated heterocycles. The maximum Gasteiger partial charge on any atom is 0.227 e. The number of anilines is 1. The Morgan fingerprint density at radius 3 is 2.67 bits per heavy atom. The number of H-pyrrole nitrogens is 2. The lowest BCUT2D eigenvalue weighted by Crippen LogP contribution is -2.12. The van der Waals surface area contributed by atoms with Crippen LogP contribution in [0.2, 0.25) is 0 Å². The van der Waals surface area contributed by atoms with Crippen molar-refractivity contribution in [3.63, 3.8) is 0 Å². The third-order valence-electron chi connectivity index (χ3n) is 6.63. The molecule has 0 unspecified atom stereocenters. The van der Waals surface area contributed by atoms with E-state index in [2.05, 4.69) is 54.7 Å². The molecule has 0 bridgehead atoms. The van der Waals surface area contributed by atoms with Crippen molar-refractivity contribution in [2.24, 2.45) is 5.92 Å². The van der Waals surface area contributed by atoms with Gasteiger partial charge in [0.15, 0.2) is 0 Å². The van der Waals surface area contributed by atoms with Crippen LogP contribution in [0.25, 0.3) is 55.4 Å². The van der Waals surface area contributed by atoms with Crippen LogP contribution in [-0.4, -0.2) is 31.1 Å². The second-order valence-electron chi connectivity index (χ2n) is 9.09. The van der Waals surface area contributed by atoms with Gasteiger partial charge in [-0.3, -0.25) is 19.9 Å². The molecule has 172 valence electrons. The molecule has 0 aliphatic heterocycles. The Morgan fingerprint density at radius 2 is 1.81 bits per heavy atom. The molecule has 1 aliphatic rings. The molecule has 1 aliphatic carbocycles. The zero-order valence-corrected chi connectivity index (χ0v) is 19.2. The fraction of sp³-hybridized carbons (Fsp3) is 0.103. The fourth-order valence-corrected chi connectivity index (χ4v) is 4.58. The van der Waals surface area contributed by atoms with Crippen LogP contribution in [0.1, 0.15) is 12.8 Å². The van der Waals surface area contributed by atoms with Crippen molar-refractivity contribution in [1.82, 2.24) is 25.1 Å². The number of fused-ring (bicyclic) bond motifs is 2. The smallest absolute Gasteiger partial charge is 0.227 e. The normalized spacial score (nSPS) is 13.1. The lowest BCUT2D eigenvalue weighted by atomic mass is 10.0. The molecule has 0 spiro atoms. The Kier molecular flexibility index (Phi) is 4.57. The van der Waals surface area contributed by atoms with Gasteiger partial charge in [-0.2, -0.15) is 5.10 Å². The number of pyridine rings is 2. The van der Waals surface area contributed by atoms with E-state index in [0.717, 1.165) is 68.3 Å². The molecule has 4 heterocycles. The van der Waals surface area contributed by atoms with Gasteiger partial charge >= 0.3 is 0 Å². The van der Waals surface area contributed by atoms with Crippen LogP contribution in [0.3, 0.4) is 0 Å². The zero-order valence-electron chi connectivity index (χ0n) is 19.2. The second-order valence-corrected chi connectivity index (χ2v) is 9.09. The summed E-state index contributed by atoms with van der Waals surface area (Å²) in [5.74, 6) is 0.196. The first-order chi connectivity index (χ1) is 17.7. The molecule has 2 aromatic carbocycles. The van der Waals surface area contributed by atoms with E-state index in [1.54, 1.807) is 12.4 Å². The topological polar surface area (TPSA) is 99.3 Å². The van der Waals surface area contributed by atoms with Crippen LogP contribution in [0.15, 0.2) is 73.3 Å². The van der Waals surface area contributed by atoms with Crippen molar-refractivity contribution >= 4 is 33.4 Å². The average molecular weight is 469 g/mol. The molecule has 1 saturated carbocycles. The van der Waals surface area contributed by atoms with Gasteiger partial charge in [0.25, 0.3) is 0 Å².